The molecule has 3 aromatic rings. The molecule has 2 aromatic carbocycles. The predicted octanol–water partition coefficient (Wildman–Crippen LogP) is 2.90. The predicted molar refractivity (Wildman–Crippen MR) is 128 cm³/mol. The van der Waals surface area contributed by atoms with Crippen molar-refractivity contribution in [3.8, 4) is 0 Å². The summed E-state index contributed by atoms with van der Waals surface area (Å²) >= 11 is 0. The molecule has 5 rings (SSSR count). The highest BCUT2D eigenvalue weighted by Crippen LogP contribution is 2.29. The lowest BCUT2D eigenvalue weighted by Gasteiger charge is -2.22. The summed E-state index contributed by atoms with van der Waals surface area (Å²) in [7, 11) is -2.00. The Morgan fingerprint density at radius 1 is 0.969 bits per heavy atom. The highest BCUT2D eigenvalue weighted by molar-refractivity contribution is 7.90. The number of aromatic nitrogens is 1. The van der Waals surface area contributed by atoms with Crippen LogP contribution >= 0.6 is 0 Å². The molecule has 2 aliphatic rings. The van der Waals surface area contributed by atoms with Gasteiger partial charge in [0.2, 0.25) is 0 Å². The molecule has 8 heteroatoms. The third-order valence-corrected chi connectivity index (χ3v) is 8.25. The lowest BCUT2D eigenvalue weighted by Crippen LogP contribution is -2.27. The highest BCUT2D eigenvalue weighted by atomic mass is 32.2. The van der Waals surface area contributed by atoms with E-state index in [4.69, 9.17) is 4.74 Å². The molecule has 32 heavy (non-hydrogen) atoms. The molecule has 0 aliphatic carbocycles. The van der Waals surface area contributed by atoms with Crippen LogP contribution in [0.25, 0.3) is 10.9 Å². The van der Waals surface area contributed by atoms with Gasteiger partial charge in [0.15, 0.2) is 0 Å². The van der Waals surface area contributed by atoms with Crippen molar-refractivity contribution in [1.82, 2.24) is 9.29 Å². The second-order valence-electron chi connectivity index (χ2n) is 8.54. The zero-order valence-corrected chi connectivity index (χ0v) is 19.2. The van der Waals surface area contributed by atoms with Crippen LogP contribution in [0, 0.1) is 0 Å². The van der Waals surface area contributed by atoms with Crippen molar-refractivity contribution < 1.29 is 13.2 Å². The van der Waals surface area contributed by atoms with Crippen LogP contribution in [0.4, 0.5) is 11.4 Å². The van der Waals surface area contributed by atoms with Crippen LogP contribution in [0.3, 0.4) is 0 Å². The molecule has 2 aliphatic heterocycles. The summed E-state index contributed by atoms with van der Waals surface area (Å²) in [5.74, 6) is 0. The van der Waals surface area contributed by atoms with Crippen LogP contribution in [0.5, 0.6) is 0 Å². The molecule has 1 N–H and O–H groups in total. The van der Waals surface area contributed by atoms with Crippen molar-refractivity contribution in [2.45, 2.75) is 23.8 Å². The van der Waals surface area contributed by atoms with Crippen LogP contribution < -0.4 is 15.1 Å². The summed E-state index contributed by atoms with van der Waals surface area (Å²) in [6, 6.07) is 15.2. The highest BCUT2D eigenvalue weighted by Gasteiger charge is 2.25. The van der Waals surface area contributed by atoms with Gasteiger partial charge in [-0.15, -0.1) is 0 Å². The van der Waals surface area contributed by atoms with E-state index in [-0.39, 0.29) is 6.10 Å². The number of nitrogens with zero attached hydrogens (tertiary/aromatic N) is 3. The van der Waals surface area contributed by atoms with Gasteiger partial charge in [0, 0.05) is 62.8 Å². The fraction of sp³-hybridized carbons (Fsp3) is 0.417. The van der Waals surface area contributed by atoms with Crippen molar-refractivity contribution in [3.63, 3.8) is 0 Å². The number of nitrogens with one attached hydrogen (secondary N) is 1. The molecule has 1 aromatic heterocycles. The van der Waals surface area contributed by atoms with Crippen molar-refractivity contribution in [3.05, 3.63) is 54.7 Å². The summed E-state index contributed by atoms with van der Waals surface area (Å²) in [5, 5.41) is 4.34. The van der Waals surface area contributed by atoms with Crippen LogP contribution in [-0.2, 0) is 14.8 Å². The lowest BCUT2D eigenvalue weighted by atomic mass is 10.2. The van der Waals surface area contributed by atoms with E-state index in [9.17, 15) is 8.42 Å². The lowest BCUT2D eigenvalue weighted by molar-refractivity contribution is 0.121. The van der Waals surface area contributed by atoms with Crippen molar-refractivity contribution >= 4 is 32.3 Å². The molecule has 1 unspecified atom stereocenters. The van der Waals surface area contributed by atoms with E-state index < -0.39 is 10.0 Å². The third-order valence-electron chi connectivity index (χ3n) is 6.56. The van der Waals surface area contributed by atoms with Crippen LogP contribution in [0.15, 0.2) is 59.6 Å². The summed E-state index contributed by atoms with van der Waals surface area (Å²) in [4.78, 5) is 4.81. The first-order chi connectivity index (χ1) is 15.6. The summed E-state index contributed by atoms with van der Waals surface area (Å²) < 4.78 is 34.2. The molecule has 0 radical (unpaired) electrons. The molecule has 1 atom stereocenters. The van der Waals surface area contributed by atoms with Gasteiger partial charge in [-0.2, -0.15) is 0 Å². The van der Waals surface area contributed by atoms with E-state index in [1.165, 1.54) is 3.97 Å². The standard InChI is InChI=1S/C24H30N4O3S/c1-31-22-9-13-27(18-22)20-4-2-5-23(16-20)32(29,30)28-14-8-19-6-7-21(17-24(19)28)26-12-3-10-25-11-15-26/h2,4-8,14,16-17,22,25H,3,9-13,15,18H2,1H3. The number of ether oxygens (including phenoxy) is 1. The van der Waals surface area contributed by atoms with Gasteiger partial charge in [-0.1, -0.05) is 12.1 Å². The van der Waals surface area contributed by atoms with E-state index in [0.717, 1.165) is 68.9 Å². The molecule has 0 amide bonds. The minimum Gasteiger partial charge on any atom is -0.380 e. The average Bonchev–Trinajstić information content (AvgIpc) is 3.39. The Bertz CT molecular complexity index is 1200. The maximum Gasteiger partial charge on any atom is 0.268 e. The first kappa shape index (κ1) is 21.3. The van der Waals surface area contributed by atoms with E-state index >= 15 is 0 Å². The molecular weight excluding hydrogens is 424 g/mol. The maximum atomic E-state index is 13.6. The monoisotopic (exact) mass is 454 g/mol. The first-order valence-corrected chi connectivity index (χ1v) is 12.7. The fourth-order valence-electron chi connectivity index (χ4n) is 4.71. The molecule has 2 fully saturated rings. The zero-order valence-electron chi connectivity index (χ0n) is 18.4. The zero-order chi connectivity index (χ0) is 22.1. The largest absolute Gasteiger partial charge is 0.380 e. The average molecular weight is 455 g/mol. The number of hydrogen-bond acceptors (Lipinski definition) is 6. The van der Waals surface area contributed by atoms with Gasteiger partial charge in [0.25, 0.3) is 10.0 Å². The van der Waals surface area contributed by atoms with Gasteiger partial charge in [0.05, 0.1) is 16.5 Å². The van der Waals surface area contributed by atoms with Gasteiger partial charge in [-0.3, -0.25) is 0 Å². The minimum absolute atomic E-state index is 0.191. The third kappa shape index (κ3) is 3.98. The Balaban J connectivity index is 1.49. The van der Waals surface area contributed by atoms with Crippen molar-refractivity contribution in [2.24, 2.45) is 0 Å². The maximum absolute atomic E-state index is 13.6. The number of methoxy groups -OCH3 is 1. The van der Waals surface area contributed by atoms with E-state index in [1.807, 2.05) is 30.3 Å². The number of hydrogen-bond donors (Lipinski definition) is 1. The molecule has 0 saturated carbocycles. The van der Waals surface area contributed by atoms with Gasteiger partial charge >= 0.3 is 0 Å². The molecule has 3 heterocycles. The molecular formula is C24H30N4O3S. The summed E-state index contributed by atoms with van der Waals surface area (Å²) in [6.45, 7) is 5.47. The number of fused-ring (bicyclic) bond motifs is 1. The number of anilines is 2. The van der Waals surface area contributed by atoms with Gasteiger partial charge < -0.3 is 19.9 Å². The minimum atomic E-state index is -3.72. The van der Waals surface area contributed by atoms with E-state index in [2.05, 4.69) is 21.2 Å². The Morgan fingerprint density at radius 3 is 2.69 bits per heavy atom. The van der Waals surface area contributed by atoms with Gasteiger partial charge in [0.1, 0.15) is 0 Å². The number of benzene rings is 2. The Hall–Kier alpha value is -2.55. The SMILES string of the molecule is COC1CCN(c2cccc(S(=O)(=O)n3ccc4ccc(N5CCCNCC5)cc43)c2)C1. The topological polar surface area (TPSA) is 66.8 Å². The molecule has 170 valence electrons. The molecule has 2 saturated heterocycles. The van der Waals surface area contributed by atoms with Gasteiger partial charge in [-0.05, 0) is 55.8 Å². The van der Waals surface area contributed by atoms with Crippen molar-refractivity contribution in [1.29, 1.82) is 0 Å². The van der Waals surface area contributed by atoms with Crippen LogP contribution in [0.2, 0.25) is 0 Å². The fourth-order valence-corrected chi connectivity index (χ4v) is 6.10. The summed E-state index contributed by atoms with van der Waals surface area (Å²) in [6.07, 6.45) is 3.88. The number of rotatable bonds is 5. The summed E-state index contributed by atoms with van der Waals surface area (Å²) in [5.41, 5.74) is 2.69. The van der Waals surface area contributed by atoms with E-state index in [0.29, 0.717) is 10.4 Å². The normalized spacial score (nSPS) is 20.1. The second kappa shape index (κ2) is 8.77. The van der Waals surface area contributed by atoms with Crippen LogP contribution in [-0.4, -0.2) is 64.9 Å². The quantitative estimate of drug-likeness (QED) is 0.640. The Labute approximate surface area is 189 Å². The van der Waals surface area contributed by atoms with E-state index in [1.54, 1.807) is 25.4 Å². The Morgan fingerprint density at radius 2 is 1.84 bits per heavy atom. The molecule has 0 spiro atoms. The van der Waals surface area contributed by atoms with Crippen LogP contribution in [0.1, 0.15) is 12.8 Å². The molecule has 7 nitrogen and oxygen atoms in total. The second-order valence-corrected chi connectivity index (χ2v) is 10.4. The smallest absolute Gasteiger partial charge is 0.268 e. The van der Waals surface area contributed by atoms with Gasteiger partial charge in [-0.25, -0.2) is 12.4 Å². The Kier molecular flexibility index (Phi) is 5.84. The van der Waals surface area contributed by atoms with Crippen molar-refractivity contribution in [2.75, 3.05) is 56.2 Å². The molecule has 0 bridgehead atoms. The first-order valence-electron chi connectivity index (χ1n) is 11.3.